The van der Waals surface area contributed by atoms with Crippen LogP contribution in [0.3, 0.4) is 0 Å². The Morgan fingerprint density at radius 3 is 2.89 bits per heavy atom. The van der Waals surface area contributed by atoms with E-state index in [2.05, 4.69) is 4.98 Å². The van der Waals surface area contributed by atoms with Gasteiger partial charge in [0.2, 0.25) is 0 Å². The van der Waals surface area contributed by atoms with Gasteiger partial charge in [0.05, 0.1) is 5.92 Å². The third kappa shape index (κ3) is 2.65. The van der Waals surface area contributed by atoms with Gasteiger partial charge in [0, 0.05) is 11.6 Å². The number of nitrogens with zero attached hydrogens (tertiary/aromatic N) is 1. The topological polar surface area (TPSA) is 59.4 Å². The van der Waals surface area contributed by atoms with E-state index < -0.39 is 17.7 Å². The normalized spacial score (nSPS) is 12.1. The van der Waals surface area contributed by atoms with Crippen LogP contribution in [0.5, 0.6) is 10.9 Å². The zero-order valence-corrected chi connectivity index (χ0v) is 10.3. The molecule has 1 unspecified atom stereocenters. The second-order valence-corrected chi connectivity index (χ2v) is 4.51. The van der Waals surface area contributed by atoms with Crippen LogP contribution in [-0.4, -0.2) is 16.1 Å². The van der Waals surface area contributed by atoms with E-state index in [1.165, 1.54) is 36.5 Å². The predicted octanol–water partition coefficient (Wildman–Crippen LogP) is 3.26. The Bertz CT molecular complexity index is 556. The molecule has 1 heterocycles. The molecule has 0 amide bonds. The average Bonchev–Trinajstić information content (AvgIpc) is 2.83. The van der Waals surface area contributed by atoms with Gasteiger partial charge in [-0.3, -0.25) is 4.79 Å². The third-order valence-corrected chi connectivity index (χ3v) is 3.08. The smallest absolute Gasteiger partial charge is 0.310 e. The number of ether oxygens (including phenoxy) is 1. The summed E-state index contributed by atoms with van der Waals surface area (Å²) in [4.78, 5) is 14.7. The summed E-state index contributed by atoms with van der Waals surface area (Å²) in [5, 5.41) is 10.9. The summed E-state index contributed by atoms with van der Waals surface area (Å²) in [6.07, 6.45) is 1.55. The molecule has 0 radical (unpaired) electrons. The number of carboxylic acid groups (broad SMARTS) is 1. The maximum absolute atomic E-state index is 13.7. The predicted molar refractivity (Wildman–Crippen MR) is 64.6 cm³/mol. The molecule has 0 saturated carbocycles. The quantitative estimate of drug-likeness (QED) is 0.923. The summed E-state index contributed by atoms with van der Waals surface area (Å²) in [6, 6.07) is 4.11. The number of carbonyl (C=O) groups is 1. The van der Waals surface area contributed by atoms with Crippen LogP contribution in [0.25, 0.3) is 0 Å². The Balaban J connectivity index is 2.22. The molecular formula is C12H10FNO3S. The Kier molecular flexibility index (Phi) is 3.57. The van der Waals surface area contributed by atoms with Gasteiger partial charge in [-0.15, -0.1) is 0 Å². The number of thiazole rings is 1. The van der Waals surface area contributed by atoms with Crippen molar-refractivity contribution in [2.24, 2.45) is 0 Å². The van der Waals surface area contributed by atoms with E-state index in [1.807, 2.05) is 0 Å². The Morgan fingerprint density at radius 1 is 1.56 bits per heavy atom. The van der Waals surface area contributed by atoms with E-state index >= 15 is 0 Å². The van der Waals surface area contributed by atoms with Crippen molar-refractivity contribution in [1.29, 1.82) is 0 Å². The van der Waals surface area contributed by atoms with Gasteiger partial charge >= 0.3 is 5.97 Å². The molecule has 18 heavy (non-hydrogen) atoms. The Morgan fingerprint density at radius 2 is 2.33 bits per heavy atom. The molecule has 0 fully saturated rings. The number of aromatic nitrogens is 1. The van der Waals surface area contributed by atoms with Crippen LogP contribution >= 0.6 is 11.3 Å². The lowest BCUT2D eigenvalue weighted by atomic mass is 10.0. The van der Waals surface area contributed by atoms with E-state index in [1.54, 1.807) is 11.6 Å². The standard InChI is InChI=1S/C12H10FNO3S/c1-7(11(15)16)8-2-3-10(9(13)6-8)17-12-14-4-5-18-12/h2-7H,1H3,(H,15,16). The van der Waals surface area contributed by atoms with Gasteiger partial charge in [-0.25, -0.2) is 9.37 Å². The molecule has 1 atom stereocenters. The summed E-state index contributed by atoms with van der Waals surface area (Å²) >= 11 is 1.25. The first-order chi connectivity index (χ1) is 8.58. The minimum atomic E-state index is -0.997. The average molecular weight is 267 g/mol. The lowest BCUT2D eigenvalue weighted by molar-refractivity contribution is -0.138. The van der Waals surface area contributed by atoms with Crippen LogP contribution in [0.2, 0.25) is 0 Å². The molecule has 1 N–H and O–H groups in total. The second kappa shape index (κ2) is 5.14. The lowest BCUT2D eigenvalue weighted by Crippen LogP contribution is -2.07. The van der Waals surface area contributed by atoms with Gasteiger partial charge in [-0.05, 0) is 24.6 Å². The minimum absolute atomic E-state index is 0.0336. The summed E-state index contributed by atoms with van der Waals surface area (Å²) in [6.45, 7) is 1.50. The summed E-state index contributed by atoms with van der Waals surface area (Å²) in [7, 11) is 0. The number of hydrogen-bond donors (Lipinski definition) is 1. The molecule has 0 saturated heterocycles. The monoisotopic (exact) mass is 267 g/mol. The summed E-state index contributed by atoms with van der Waals surface area (Å²) < 4.78 is 19.0. The highest BCUT2D eigenvalue weighted by Gasteiger charge is 2.16. The van der Waals surface area contributed by atoms with Gasteiger partial charge in [-0.1, -0.05) is 17.4 Å². The van der Waals surface area contributed by atoms with Crippen LogP contribution in [0.4, 0.5) is 4.39 Å². The largest absolute Gasteiger partial charge is 0.481 e. The number of hydrogen-bond acceptors (Lipinski definition) is 4. The van der Waals surface area contributed by atoms with Crippen LogP contribution in [0.1, 0.15) is 18.4 Å². The number of halogens is 1. The number of benzene rings is 1. The van der Waals surface area contributed by atoms with E-state index in [-0.39, 0.29) is 5.75 Å². The highest BCUT2D eigenvalue weighted by atomic mass is 32.1. The molecule has 0 aliphatic carbocycles. The van der Waals surface area contributed by atoms with E-state index in [4.69, 9.17) is 9.84 Å². The second-order valence-electron chi connectivity index (χ2n) is 3.65. The van der Waals surface area contributed by atoms with Gasteiger partial charge in [-0.2, -0.15) is 0 Å². The van der Waals surface area contributed by atoms with Crippen molar-refractivity contribution in [3.05, 3.63) is 41.2 Å². The molecule has 2 rings (SSSR count). The fourth-order valence-electron chi connectivity index (χ4n) is 1.37. The molecule has 2 aromatic rings. The third-order valence-electron chi connectivity index (χ3n) is 2.43. The van der Waals surface area contributed by atoms with Crippen LogP contribution in [-0.2, 0) is 4.79 Å². The summed E-state index contributed by atoms with van der Waals surface area (Å²) in [5.41, 5.74) is 0.395. The molecule has 1 aromatic carbocycles. The SMILES string of the molecule is CC(C(=O)O)c1ccc(Oc2nccs2)c(F)c1. The Hall–Kier alpha value is -1.95. The van der Waals surface area contributed by atoms with Crippen LogP contribution in [0.15, 0.2) is 29.8 Å². The van der Waals surface area contributed by atoms with Gasteiger partial charge < -0.3 is 9.84 Å². The zero-order valence-electron chi connectivity index (χ0n) is 9.46. The Labute approximate surface area is 107 Å². The highest BCUT2D eigenvalue weighted by Crippen LogP contribution is 2.28. The molecule has 1 aromatic heterocycles. The summed E-state index contributed by atoms with van der Waals surface area (Å²) in [5.74, 6) is -2.32. The lowest BCUT2D eigenvalue weighted by Gasteiger charge is -2.09. The first kappa shape index (κ1) is 12.5. The molecule has 0 aliphatic rings. The van der Waals surface area contributed by atoms with Crippen LogP contribution < -0.4 is 4.74 Å². The molecule has 0 aliphatic heterocycles. The van der Waals surface area contributed by atoms with Gasteiger partial charge in [0.25, 0.3) is 5.19 Å². The number of carboxylic acids is 1. The van der Waals surface area contributed by atoms with Crippen molar-refractivity contribution in [2.45, 2.75) is 12.8 Å². The number of rotatable bonds is 4. The molecule has 4 nitrogen and oxygen atoms in total. The van der Waals surface area contributed by atoms with Crippen molar-refractivity contribution in [3.63, 3.8) is 0 Å². The fourth-order valence-corrected chi connectivity index (χ4v) is 1.86. The van der Waals surface area contributed by atoms with E-state index in [9.17, 15) is 9.18 Å². The molecule has 94 valence electrons. The molecule has 6 heteroatoms. The number of aliphatic carboxylic acids is 1. The van der Waals surface area contributed by atoms with Gasteiger partial charge in [0.1, 0.15) is 0 Å². The van der Waals surface area contributed by atoms with E-state index in [0.29, 0.717) is 10.8 Å². The van der Waals surface area contributed by atoms with Crippen molar-refractivity contribution in [1.82, 2.24) is 4.98 Å². The van der Waals surface area contributed by atoms with Crippen molar-refractivity contribution in [3.8, 4) is 10.9 Å². The van der Waals surface area contributed by atoms with Crippen molar-refractivity contribution < 1.29 is 19.0 Å². The molecule has 0 spiro atoms. The van der Waals surface area contributed by atoms with E-state index in [0.717, 1.165) is 0 Å². The maximum atomic E-state index is 13.7. The zero-order chi connectivity index (χ0) is 13.1. The van der Waals surface area contributed by atoms with Crippen molar-refractivity contribution in [2.75, 3.05) is 0 Å². The minimum Gasteiger partial charge on any atom is -0.481 e. The van der Waals surface area contributed by atoms with Crippen molar-refractivity contribution >= 4 is 17.3 Å². The maximum Gasteiger partial charge on any atom is 0.310 e. The fraction of sp³-hybridized carbons (Fsp3) is 0.167. The molecular weight excluding hydrogens is 257 g/mol. The van der Waals surface area contributed by atoms with Crippen LogP contribution in [0, 0.1) is 5.82 Å². The first-order valence-corrected chi connectivity index (χ1v) is 6.05. The molecule has 0 bridgehead atoms. The first-order valence-electron chi connectivity index (χ1n) is 5.17. The highest BCUT2D eigenvalue weighted by molar-refractivity contribution is 7.11. The van der Waals surface area contributed by atoms with Gasteiger partial charge in [0.15, 0.2) is 11.6 Å².